The van der Waals surface area contributed by atoms with Crippen LogP contribution in [0.3, 0.4) is 0 Å². The number of nitrogens with zero attached hydrogens (tertiary/aromatic N) is 2. The lowest BCUT2D eigenvalue weighted by atomic mass is 10.3. The summed E-state index contributed by atoms with van der Waals surface area (Å²) in [7, 11) is 0. The molecule has 0 aliphatic carbocycles. The Morgan fingerprint density at radius 1 is 0.562 bits per heavy atom. The van der Waals surface area contributed by atoms with Crippen LogP contribution in [0.2, 0.25) is 0 Å². The molecule has 0 aliphatic rings. The van der Waals surface area contributed by atoms with E-state index in [1.807, 2.05) is 12.1 Å². The Labute approximate surface area is 92.9 Å². The number of nitroso groups, excluding NO2 is 2. The molecule has 0 amide bonds. The maximum Gasteiger partial charge on any atom is 0.107 e. The van der Waals surface area contributed by atoms with Crippen LogP contribution in [0.1, 0.15) is 0 Å². The Bertz CT molecular complexity index is 386. The van der Waals surface area contributed by atoms with Crippen LogP contribution in [0.5, 0.6) is 0 Å². The van der Waals surface area contributed by atoms with E-state index < -0.39 is 0 Å². The minimum Gasteiger partial charge on any atom is -0.145 e. The number of benzene rings is 2. The molecule has 0 N–H and O–H groups in total. The zero-order valence-corrected chi connectivity index (χ0v) is 8.48. The van der Waals surface area contributed by atoms with Crippen LogP contribution < -0.4 is 0 Å². The molecule has 2 rings (SSSR count). The summed E-state index contributed by atoms with van der Waals surface area (Å²) in [6.45, 7) is 0. The van der Waals surface area contributed by atoms with Gasteiger partial charge in [-0.25, -0.2) is 0 Å². The van der Waals surface area contributed by atoms with Gasteiger partial charge in [-0.1, -0.05) is 36.4 Å². The van der Waals surface area contributed by atoms with Crippen LogP contribution in [-0.4, -0.2) is 0 Å². The van der Waals surface area contributed by atoms with E-state index in [0.29, 0.717) is 11.4 Å². The predicted molar refractivity (Wildman–Crippen MR) is 63.8 cm³/mol. The maximum absolute atomic E-state index is 9.76. The van der Waals surface area contributed by atoms with Gasteiger partial charge in [-0.2, -0.15) is 0 Å². The first-order valence-electron chi connectivity index (χ1n) is 4.63. The van der Waals surface area contributed by atoms with Crippen LogP contribution in [0.4, 0.5) is 11.4 Å². The van der Waals surface area contributed by atoms with E-state index in [-0.39, 0.29) is 0 Å². The molecule has 0 spiro atoms. The van der Waals surface area contributed by atoms with Crippen molar-refractivity contribution in [1.82, 2.24) is 0 Å². The van der Waals surface area contributed by atoms with Crippen LogP contribution in [0.15, 0.2) is 71.0 Å². The third-order valence-electron chi connectivity index (χ3n) is 1.72. The lowest BCUT2D eigenvalue weighted by molar-refractivity contribution is 1.50. The first-order valence-corrected chi connectivity index (χ1v) is 4.63. The van der Waals surface area contributed by atoms with Gasteiger partial charge in [0.25, 0.3) is 0 Å². The summed E-state index contributed by atoms with van der Waals surface area (Å²) < 4.78 is 0. The summed E-state index contributed by atoms with van der Waals surface area (Å²) in [5.41, 5.74) is 0.958. The highest BCUT2D eigenvalue weighted by Gasteiger charge is 1.81. The van der Waals surface area contributed by atoms with Crippen LogP contribution >= 0.6 is 0 Å². The van der Waals surface area contributed by atoms with Gasteiger partial charge in [-0.05, 0) is 34.6 Å². The second-order valence-electron chi connectivity index (χ2n) is 2.85. The highest BCUT2D eigenvalue weighted by Crippen LogP contribution is 2.07. The quantitative estimate of drug-likeness (QED) is 0.704. The predicted octanol–water partition coefficient (Wildman–Crippen LogP) is 4.17. The molecule has 0 aromatic heterocycles. The molecule has 4 nitrogen and oxygen atoms in total. The van der Waals surface area contributed by atoms with Gasteiger partial charge in [-0.3, -0.25) is 0 Å². The van der Waals surface area contributed by atoms with Gasteiger partial charge >= 0.3 is 0 Å². The minimum absolute atomic E-state index is 0.479. The Kier molecular flexibility index (Phi) is 5.13. The van der Waals surface area contributed by atoms with Gasteiger partial charge in [-0.15, -0.1) is 9.81 Å². The molecule has 0 fully saturated rings. The van der Waals surface area contributed by atoms with Crippen molar-refractivity contribution in [3.05, 3.63) is 70.5 Å². The maximum atomic E-state index is 9.76. The molecule has 2 aromatic rings. The second-order valence-corrected chi connectivity index (χ2v) is 2.85. The van der Waals surface area contributed by atoms with Gasteiger partial charge in [0.1, 0.15) is 11.4 Å². The number of hydrogen-bond acceptors (Lipinski definition) is 4. The van der Waals surface area contributed by atoms with Gasteiger partial charge in [0.05, 0.1) is 0 Å². The molecular formula is C12H10N2O2. The van der Waals surface area contributed by atoms with Crippen molar-refractivity contribution < 1.29 is 0 Å². The smallest absolute Gasteiger partial charge is 0.107 e. The van der Waals surface area contributed by atoms with E-state index >= 15 is 0 Å². The Morgan fingerprint density at radius 3 is 1.06 bits per heavy atom. The molecule has 4 heteroatoms. The molecule has 0 atom stereocenters. The van der Waals surface area contributed by atoms with Gasteiger partial charge in [0.2, 0.25) is 0 Å². The molecule has 0 heterocycles. The molecular weight excluding hydrogens is 204 g/mol. The highest BCUT2D eigenvalue weighted by molar-refractivity contribution is 5.35. The first kappa shape index (κ1) is 11.7. The van der Waals surface area contributed by atoms with Gasteiger partial charge < -0.3 is 0 Å². The highest BCUT2D eigenvalue weighted by atomic mass is 16.3. The Hall–Kier alpha value is -2.36. The summed E-state index contributed by atoms with van der Waals surface area (Å²) in [5.74, 6) is 0. The summed E-state index contributed by atoms with van der Waals surface area (Å²) in [6, 6.07) is 17.4. The van der Waals surface area contributed by atoms with E-state index in [4.69, 9.17) is 0 Å². The average Bonchev–Trinajstić information content (AvgIpc) is 2.41. The Morgan fingerprint density at radius 2 is 0.875 bits per heavy atom. The van der Waals surface area contributed by atoms with Crippen LogP contribution in [0, 0.1) is 9.81 Å². The topological polar surface area (TPSA) is 58.9 Å². The normalized spacial score (nSPS) is 8.50. The zero-order chi connectivity index (χ0) is 11.6. The summed E-state index contributed by atoms with van der Waals surface area (Å²) in [4.78, 5) is 19.5. The molecule has 16 heavy (non-hydrogen) atoms. The summed E-state index contributed by atoms with van der Waals surface area (Å²) in [6.07, 6.45) is 0. The summed E-state index contributed by atoms with van der Waals surface area (Å²) in [5, 5.41) is 5.44. The second kappa shape index (κ2) is 7.00. The molecule has 0 radical (unpaired) electrons. The molecule has 0 aliphatic heterocycles. The van der Waals surface area contributed by atoms with Crippen molar-refractivity contribution in [3.63, 3.8) is 0 Å². The van der Waals surface area contributed by atoms with E-state index in [0.717, 1.165) is 0 Å². The standard InChI is InChI=1S/2C6H5NO/c2*8-7-6-4-2-1-3-5-6/h2*1-5H. The zero-order valence-electron chi connectivity index (χ0n) is 8.48. The van der Waals surface area contributed by atoms with Crippen molar-refractivity contribution in [3.8, 4) is 0 Å². The van der Waals surface area contributed by atoms with Crippen LogP contribution in [-0.2, 0) is 0 Å². The third kappa shape index (κ3) is 4.23. The Balaban J connectivity index is 0.000000160. The fourth-order valence-electron chi connectivity index (χ4n) is 0.978. The number of rotatable bonds is 2. The minimum atomic E-state index is 0.479. The van der Waals surface area contributed by atoms with Crippen molar-refractivity contribution in [1.29, 1.82) is 0 Å². The van der Waals surface area contributed by atoms with E-state index in [9.17, 15) is 9.81 Å². The van der Waals surface area contributed by atoms with E-state index in [1.54, 1.807) is 48.5 Å². The fraction of sp³-hybridized carbons (Fsp3) is 0. The lowest BCUT2D eigenvalue weighted by Crippen LogP contribution is -1.56. The molecule has 80 valence electrons. The van der Waals surface area contributed by atoms with E-state index in [2.05, 4.69) is 10.4 Å². The van der Waals surface area contributed by atoms with Crippen molar-refractivity contribution in [2.24, 2.45) is 10.4 Å². The van der Waals surface area contributed by atoms with Crippen molar-refractivity contribution in [2.45, 2.75) is 0 Å². The lowest BCUT2D eigenvalue weighted by Gasteiger charge is -1.80. The molecule has 0 saturated heterocycles. The first-order chi connectivity index (χ1) is 7.86. The molecule has 0 bridgehead atoms. The monoisotopic (exact) mass is 214 g/mol. The third-order valence-corrected chi connectivity index (χ3v) is 1.72. The van der Waals surface area contributed by atoms with E-state index in [1.165, 1.54) is 0 Å². The molecule has 0 saturated carbocycles. The molecule has 2 aromatic carbocycles. The fourth-order valence-corrected chi connectivity index (χ4v) is 0.978. The van der Waals surface area contributed by atoms with Gasteiger partial charge in [0, 0.05) is 0 Å². The SMILES string of the molecule is O=Nc1ccccc1.O=Nc1ccccc1. The molecule has 0 unspecified atom stereocenters. The van der Waals surface area contributed by atoms with Crippen LogP contribution in [0.25, 0.3) is 0 Å². The summed E-state index contributed by atoms with van der Waals surface area (Å²) >= 11 is 0. The van der Waals surface area contributed by atoms with Crippen molar-refractivity contribution in [2.75, 3.05) is 0 Å². The average molecular weight is 214 g/mol. The van der Waals surface area contributed by atoms with Gasteiger partial charge in [0.15, 0.2) is 0 Å². The number of hydrogen-bond donors (Lipinski definition) is 0. The largest absolute Gasteiger partial charge is 0.145 e. The van der Waals surface area contributed by atoms with Crippen molar-refractivity contribution >= 4 is 11.4 Å².